The van der Waals surface area contributed by atoms with Gasteiger partial charge in [0.05, 0.1) is 5.02 Å². The van der Waals surface area contributed by atoms with Crippen LogP contribution in [0.3, 0.4) is 0 Å². The Hall–Kier alpha value is -1.45. The van der Waals surface area contributed by atoms with E-state index in [4.69, 9.17) is 23.2 Å². The summed E-state index contributed by atoms with van der Waals surface area (Å²) in [7, 11) is 0. The Labute approximate surface area is 108 Å². The van der Waals surface area contributed by atoms with Crippen molar-refractivity contribution < 1.29 is 5.21 Å². The summed E-state index contributed by atoms with van der Waals surface area (Å²) in [6, 6.07) is 8.92. The average Bonchev–Trinajstić information content (AvgIpc) is 2.36. The van der Waals surface area contributed by atoms with E-state index >= 15 is 0 Å². The van der Waals surface area contributed by atoms with Gasteiger partial charge in [-0.2, -0.15) is 0 Å². The van der Waals surface area contributed by atoms with Crippen molar-refractivity contribution in [1.82, 2.24) is 4.73 Å². The molecule has 0 aliphatic carbocycles. The summed E-state index contributed by atoms with van der Waals surface area (Å²) in [5.41, 5.74) is 0.686. The number of hydrogen-bond donors (Lipinski definition) is 1. The predicted octanol–water partition coefficient (Wildman–Crippen LogP) is 3.37. The molecule has 0 aliphatic rings. The molecular formula is C12H9Cl2NO2. The lowest BCUT2D eigenvalue weighted by molar-refractivity contribution is 0.180. The summed E-state index contributed by atoms with van der Waals surface area (Å²) in [6.07, 6.45) is 0. The molecule has 0 spiro atoms. The maximum atomic E-state index is 11.7. The van der Waals surface area contributed by atoms with Gasteiger partial charge in [-0.3, -0.25) is 4.79 Å². The Morgan fingerprint density at radius 3 is 2.29 bits per heavy atom. The van der Waals surface area contributed by atoms with Crippen LogP contribution in [0.1, 0.15) is 5.56 Å². The Bertz CT molecular complexity index is 621. The molecule has 0 amide bonds. The number of pyridine rings is 1. The zero-order chi connectivity index (χ0) is 12.6. The van der Waals surface area contributed by atoms with E-state index in [-0.39, 0.29) is 15.7 Å². The first-order chi connectivity index (χ1) is 8.04. The fourth-order valence-electron chi connectivity index (χ4n) is 1.57. The largest absolute Gasteiger partial charge is 0.425 e. The summed E-state index contributed by atoms with van der Waals surface area (Å²) in [5.74, 6) is 0. The molecule has 1 N–H and O–H groups in total. The normalized spacial score (nSPS) is 10.5. The number of rotatable bonds is 1. The van der Waals surface area contributed by atoms with Crippen LogP contribution in [-0.4, -0.2) is 9.94 Å². The zero-order valence-electron chi connectivity index (χ0n) is 8.95. The molecular weight excluding hydrogens is 261 g/mol. The van der Waals surface area contributed by atoms with Crippen molar-refractivity contribution in [1.29, 1.82) is 0 Å². The fourth-order valence-corrected chi connectivity index (χ4v) is 2.07. The molecule has 0 saturated carbocycles. The molecule has 3 nitrogen and oxygen atoms in total. The van der Waals surface area contributed by atoms with Crippen molar-refractivity contribution in [2.24, 2.45) is 0 Å². The summed E-state index contributed by atoms with van der Waals surface area (Å²) in [5, 5.41) is 9.97. The quantitative estimate of drug-likeness (QED) is 0.807. The summed E-state index contributed by atoms with van der Waals surface area (Å²) in [6.45, 7) is 1.64. The van der Waals surface area contributed by atoms with Crippen LogP contribution in [-0.2, 0) is 0 Å². The van der Waals surface area contributed by atoms with Gasteiger partial charge in [0.25, 0.3) is 0 Å². The first kappa shape index (κ1) is 12.0. The van der Waals surface area contributed by atoms with Gasteiger partial charge < -0.3 is 5.21 Å². The van der Waals surface area contributed by atoms with E-state index < -0.39 is 5.56 Å². The zero-order valence-corrected chi connectivity index (χ0v) is 10.5. The maximum Gasteiger partial charge on any atom is 0.302 e. The van der Waals surface area contributed by atoms with Crippen molar-refractivity contribution in [3.05, 3.63) is 56.3 Å². The molecule has 1 aromatic carbocycles. The Balaban J connectivity index is 2.85. The van der Waals surface area contributed by atoms with Crippen LogP contribution >= 0.6 is 23.2 Å². The summed E-state index contributed by atoms with van der Waals surface area (Å²) in [4.78, 5) is 11.7. The topological polar surface area (TPSA) is 42.2 Å². The van der Waals surface area contributed by atoms with Crippen molar-refractivity contribution >= 4 is 23.2 Å². The minimum Gasteiger partial charge on any atom is -0.425 e. The van der Waals surface area contributed by atoms with Gasteiger partial charge in [-0.05, 0) is 12.5 Å². The Morgan fingerprint density at radius 2 is 1.71 bits per heavy atom. The molecule has 0 aliphatic heterocycles. The van der Waals surface area contributed by atoms with Crippen LogP contribution < -0.4 is 5.56 Å². The molecule has 1 aromatic heterocycles. The van der Waals surface area contributed by atoms with Crippen LogP contribution in [0, 0.1) is 6.92 Å². The molecule has 1 heterocycles. The standard InChI is InChI=1S/C12H9Cl2NO2/c1-7-9(13)11(8-5-3-2-4-6-8)15(17)12(16)10(7)14/h2-6,17H,1H3. The lowest BCUT2D eigenvalue weighted by Gasteiger charge is -2.12. The van der Waals surface area contributed by atoms with Crippen LogP contribution in [0.5, 0.6) is 0 Å². The van der Waals surface area contributed by atoms with E-state index in [1.807, 2.05) is 6.07 Å². The smallest absolute Gasteiger partial charge is 0.302 e. The van der Waals surface area contributed by atoms with Crippen molar-refractivity contribution in [2.75, 3.05) is 0 Å². The molecule has 17 heavy (non-hydrogen) atoms. The van der Waals surface area contributed by atoms with Gasteiger partial charge in [0.2, 0.25) is 0 Å². The van der Waals surface area contributed by atoms with E-state index in [2.05, 4.69) is 0 Å². The monoisotopic (exact) mass is 269 g/mol. The van der Waals surface area contributed by atoms with Gasteiger partial charge in [-0.15, -0.1) is 4.73 Å². The van der Waals surface area contributed by atoms with Crippen molar-refractivity contribution in [2.45, 2.75) is 6.92 Å². The predicted molar refractivity (Wildman–Crippen MR) is 68.1 cm³/mol. The highest BCUT2D eigenvalue weighted by Crippen LogP contribution is 2.31. The third-order valence-electron chi connectivity index (χ3n) is 2.51. The second-order valence-corrected chi connectivity index (χ2v) is 4.34. The number of benzene rings is 1. The molecule has 0 bridgehead atoms. The molecule has 2 rings (SSSR count). The minimum atomic E-state index is -0.674. The molecule has 88 valence electrons. The molecule has 0 atom stereocenters. The second-order valence-electron chi connectivity index (χ2n) is 3.58. The van der Waals surface area contributed by atoms with Gasteiger partial charge in [0, 0.05) is 5.56 Å². The lowest BCUT2D eigenvalue weighted by atomic mass is 10.1. The first-order valence-corrected chi connectivity index (χ1v) is 5.65. The molecule has 0 saturated heterocycles. The third-order valence-corrected chi connectivity index (χ3v) is 3.41. The van der Waals surface area contributed by atoms with E-state index in [1.54, 1.807) is 31.2 Å². The third kappa shape index (κ3) is 1.92. The van der Waals surface area contributed by atoms with Gasteiger partial charge in [0.15, 0.2) is 0 Å². The molecule has 2 aromatic rings. The Morgan fingerprint density at radius 1 is 1.12 bits per heavy atom. The molecule has 5 heteroatoms. The van der Waals surface area contributed by atoms with Gasteiger partial charge in [-0.25, -0.2) is 0 Å². The SMILES string of the molecule is Cc1c(Cl)c(-c2ccccc2)n(O)c(=O)c1Cl. The second kappa shape index (κ2) is 4.43. The number of halogens is 2. The summed E-state index contributed by atoms with van der Waals surface area (Å²) >= 11 is 11.9. The van der Waals surface area contributed by atoms with Gasteiger partial charge in [0.1, 0.15) is 10.7 Å². The van der Waals surface area contributed by atoms with Crippen molar-refractivity contribution in [3.63, 3.8) is 0 Å². The number of hydrogen-bond acceptors (Lipinski definition) is 2. The summed E-state index contributed by atoms with van der Waals surface area (Å²) < 4.78 is 0.479. The molecule has 0 fully saturated rings. The average molecular weight is 270 g/mol. The van der Waals surface area contributed by atoms with Gasteiger partial charge in [-0.1, -0.05) is 53.5 Å². The van der Waals surface area contributed by atoms with Crippen LogP contribution in [0.2, 0.25) is 10.0 Å². The van der Waals surface area contributed by atoms with Crippen LogP contribution in [0.15, 0.2) is 35.1 Å². The van der Waals surface area contributed by atoms with E-state index in [1.165, 1.54) is 0 Å². The van der Waals surface area contributed by atoms with E-state index in [0.717, 1.165) is 0 Å². The highest BCUT2D eigenvalue weighted by molar-refractivity contribution is 6.37. The van der Waals surface area contributed by atoms with Crippen LogP contribution in [0.25, 0.3) is 11.3 Å². The fraction of sp³-hybridized carbons (Fsp3) is 0.0833. The lowest BCUT2D eigenvalue weighted by Crippen LogP contribution is -2.21. The minimum absolute atomic E-state index is 0.0721. The van der Waals surface area contributed by atoms with Crippen molar-refractivity contribution in [3.8, 4) is 11.3 Å². The highest BCUT2D eigenvalue weighted by Gasteiger charge is 2.17. The van der Waals surface area contributed by atoms with E-state index in [9.17, 15) is 10.0 Å². The maximum absolute atomic E-state index is 11.7. The van der Waals surface area contributed by atoms with Gasteiger partial charge >= 0.3 is 5.56 Å². The molecule has 0 unspecified atom stereocenters. The Kier molecular flexibility index (Phi) is 3.13. The molecule has 0 radical (unpaired) electrons. The number of nitrogens with zero attached hydrogens (tertiary/aromatic N) is 1. The van der Waals surface area contributed by atoms with E-state index in [0.29, 0.717) is 15.9 Å². The van der Waals surface area contributed by atoms with Crippen LogP contribution in [0.4, 0.5) is 0 Å². The number of aromatic nitrogens is 1. The first-order valence-electron chi connectivity index (χ1n) is 4.89. The highest BCUT2D eigenvalue weighted by atomic mass is 35.5.